The Bertz CT molecular complexity index is 730. The van der Waals surface area contributed by atoms with E-state index in [4.69, 9.17) is 0 Å². The largest absolute Gasteiger partial charge is 0.323 e. The molecule has 3 N–H and O–H groups in total. The zero-order chi connectivity index (χ0) is 14.0. The molecule has 0 spiro atoms. The van der Waals surface area contributed by atoms with E-state index in [1.165, 1.54) is 6.26 Å². The number of imidazole rings is 1. The number of aromatic amines is 2. The van der Waals surface area contributed by atoms with Gasteiger partial charge < -0.3 is 15.3 Å². The summed E-state index contributed by atoms with van der Waals surface area (Å²) in [5, 5.41) is 3.15. The number of aromatic nitrogens is 2. The number of H-pyrrole nitrogens is 2. The standard InChI is InChI=1S/C12H17N3O3S/c1-3-13-11(7-19(2,17)18)8-4-5-9-10(6-8)15-12(16)14-9/h4-6,11,13H,3,7H2,1-2H3,(H2,14,15,16). The van der Waals surface area contributed by atoms with Crippen LogP contribution in [0.3, 0.4) is 0 Å². The highest BCUT2D eigenvalue weighted by Crippen LogP contribution is 2.18. The molecule has 1 aromatic carbocycles. The summed E-state index contributed by atoms with van der Waals surface area (Å²) in [7, 11) is -3.08. The van der Waals surface area contributed by atoms with E-state index < -0.39 is 9.84 Å². The number of sulfone groups is 1. The Kier molecular flexibility index (Phi) is 3.77. The predicted molar refractivity (Wildman–Crippen MR) is 75.0 cm³/mol. The van der Waals surface area contributed by atoms with Crippen LogP contribution in [0.2, 0.25) is 0 Å². The summed E-state index contributed by atoms with van der Waals surface area (Å²) in [5.74, 6) is 0.0288. The summed E-state index contributed by atoms with van der Waals surface area (Å²) in [5.41, 5.74) is 1.97. The van der Waals surface area contributed by atoms with Gasteiger partial charge in [0.05, 0.1) is 16.8 Å². The quantitative estimate of drug-likeness (QED) is 0.747. The summed E-state index contributed by atoms with van der Waals surface area (Å²) in [6.45, 7) is 2.59. The number of fused-ring (bicyclic) bond motifs is 1. The van der Waals surface area contributed by atoms with Crippen LogP contribution < -0.4 is 11.0 Å². The number of nitrogens with one attached hydrogen (secondary N) is 3. The van der Waals surface area contributed by atoms with E-state index in [1.807, 2.05) is 13.0 Å². The smallest absolute Gasteiger partial charge is 0.309 e. The van der Waals surface area contributed by atoms with Crippen LogP contribution in [0.5, 0.6) is 0 Å². The van der Waals surface area contributed by atoms with Crippen LogP contribution in [-0.2, 0) is 9.84 Å². The maximum Gasteiger partial charge on any atom is 0.323 e. The van der Waals surface area contributed by atoms with Crippen LogP contribution in [0.15, 0.2) is 23.0 Å². The number of rotatable bonds is 5. The Balaban J connectivity index is 2.40. The summed E-state index contributed by atoms with van der Waals surface area (Å²) < 4.78 is 22.9. The van der Waals surface area contributed by atoms with E-state index in [9.17, 15) is 13.2 Å². The van der Waals surface area contributed by atoms with Crippen molar-refractivity contribution in [2.45, 2.75) is 13.0 Å². The van der Waals surface area contributed by atoms with E-state index in [-0.39, 0.29) is 17.5 Å². The molecule has 104 valence electrons. The first-order valence-corrected chi connectivity index (χ1v) is 8.08. The number of hydrogen-bond donors (Lipinski definition) is 3. The van der Waals surface area contributed by atoms with Gasteiger partial charge in [0.2, 0.25) is 0 Å². The lowest BCUT2D eigenvalue weighted by Gasteiger charge is -2.17. The SMILES string of the molecule is CCNC(CS(C)(=O)=O)c1ccc2[nH]c(=O)[nH]c2c1. The van der Waals surface area contributed by atoms with Gasteiger partial charge in [-0.05, 0) is 24.2 Å². The summed E-state index contributed by atoms with van der Waals surface area (Å²) in [4.78, 5) is 16.5. The third-order valence-corrected chi connectivity index (χ3v) is 3.80. The normalized spacial score (nSPS) is 13.8. The van der Waals surface area contributed by atoms with Crippen LogP contribution in [0.4, 0.5) is 0 Å². The molecule has 1 heterocycles. The van der Waals surface area contributed by atoms with Crippen LogP contribution >= 0.6 is 0 Å². The van der Waals surface area contributed by atoms with Crippen LogP contribution in [-0.4, -0.2) is 36.9 Å². The second kappa shape index (κ2) is 5.18. The average molecular weight is 283 g/mol. The lowest BCUT2D eigenvalue weighted by atomic mass is 10.1. The minimum atomic E-state index is -3.08. The van der Waals surface area contributed by atoms with Crippen molar-refractivity contribution in [2.24, 2.45) is 0 Å². The lowest BCUT2D eigenvalue weighted by Crippen LogP contribution is -2.27. The Morgan fingerprint density at radius 3 is 2.58 bits per heavy atom. The molecule has 1 unspecified atom stereocenters. The molecule has 0 bridgehead atoms. The van der Waals surface area contributed by atoms with Crippen molar-refractivity contribution in [3.63, 3.8) is 0 Å². The maximum atomic E-state index is 11.5. The molecule has 6 nitrogen and oxygen atoms in total. The third kappa shape index (κ3) is 3.45. The topological polar surface area (TPSA) is 94.8 Å². The predicted octanol–water partition coefficient (Wildman–Crippen LogP) is 0.551. The zero-order valence-electron chi connectivity index (χ0n) is 10.9. The van der Waals surface area contributed by atoms with Gasteiger partial charge in [0.1, 0.15) is 9.84 Å². The van der Waals surface area contributed by atoms with Gasteiger partial charge >= 0.3 is 5.69 Å². The minimum Gasteiger partial charge on any atom is -0.309 e. The fraction of sp³-hybridized carbons (Fsp3) is 0.417. The monoisotopic (exact) mass is 283 g/mol. The summed E-state index contributed by atoms with van der Waals surface area (Å²) in [6, 6.07) is 5.12. The highest BCUT2D eigenvalue weighted by Gasteiger charge is 2.17. The fourth-order valence-corrected chi connectivity index (χ4v) is 3.00. The van der Waals surface area contributed by atoms with E-state index in [0.29, 0.717) is 17.6 Å². The van der Waals surface area contributed by atoms with Crippen molar-refractivity contribution in [3.05, 3.63) is 34.2 Å². The molecule has 2 aromatic rings. The zero-order valence-corrected chi connectivity index (χ0v) is 11.7. The Morgan fingerprint density at radius 2 is 1.95 bits per heavy atom. The highest BCUT2D eigenvalue weighted by atomic mass is 32.2. The summed E-state index contributed by atoms with van der Waals surface area (Å²) >= 11 is 0. The number of hydrogen-bond acceptors (Lipinski definition) is 4. The van der Waals surface area contributed by atoms with Crippen molar-refractivity contribution in [1.82, 2.24) is 15.3 Å². The molecule has 0 amide bonds. The van der Waals surface area contributed by atoms with E-state index in [1.54, 1.807) is 12.1 Å². The van der Waals surface area contributed by atoms with E-state index in [0.717, 1.165) is 5.56 Å². The molecule has 2 rings (SSSR count). The molecule has 0 aliphatic carbocycles. The van der Waals surface area contributed by atoms with Gasteiger partial charge in [-0.2, -0.15) is 0 Å². The second-order valence-corrected chi connectivity index (χ2v) is 6.77. The highest BCUT2D eigenvalue weighted by molar-refractivity contribution is 7.90. The van der Waals surface area contributed by atoms with E-state index >= 15 is 0 Å². The van der Waals surface area contributed by atoms with Gasteiger partial charge in [-0.1, -0.05) is 13.0 Å². The van der Waals surface area contributed by atoms with Gasteiger partial charge in [0.15, 0.2) is 0 Å². The molecule has 7 heteroatoms. The molecule has 0 aliphatic rings. The second-order valence-electron chi connectivity index (χ2n) is 4.59. The molecule has 19 heavy (non-hydrogen) atoms. The van der Waals surface area contributed by atoms with Crippen molar-refractivity contribution < 1.29 is 8.42 Å². The molecule has 0 saturated carbocycles. The van der Waals surface area contributed by atoms with Crippen LogP contribution in [0.1, 0.15) is 18.5 Å². The fourth-order valence-electron chi connectivity index (χ4n) is 2.09. The average Bonchev–Trinajstić information content (AvgIpc) is 2.65. The third-order valence-electron chi connectivity index (χ3n) is 2.86. The first-order chi connectivity index (χ1) is 8.89. The van der Waals surface area contributed by atoms with Gasteiger partial charge in [0, 0.05) is 12.3 Å². The van der Waals surface area contributed by atoms with Crippen LogP contribution in [0.25, 0.3) is 11.0 Å². The molecular weight excluding hydrogens is 266 g/mol. The van der Waals surface area contributed by atoms with Gasteiger partial charge in [-0.3, -0.25) is 0 Å². The molecule has 0 fully saturated rings. The molecule has 1 atom stereocenters. The van der Waals surface area contributed by atoms with Crippen molar-refractivity contribution in [2.75, 3.05) is 18.6 Å². The van der Waals surface area contributed by atoms with Crippen molar-refractivity contribution in [1.29, 1.82) is 0 Å². The Labute approximate surface area is 111 Å². The van der Waals surface area contributed by atoms with Gasteiger partial charge in [-0.15, -0.1) is 0 Å². The lowest BCUT2D eigenvalue weighted by molar-refractivity contribution is 0.563. The number of benzene rings is 1. The Morgan fingerprint density at radius 1 is 1.26 bits per heavy atom. The Hall–Kier alpha value is -1.60. The molecule has 0 saturated heterocycles. The van der Waals surface area contributed by atoms with E-state index in [2.05, 4.69) is 15.3 Å². The first-order valence-electron chi connectivity index (χ1n) is 6.02. The van der Waals surface area contributed by atoms with Gasteiger partial charge in [0.25, 0.3) is 0 Å². The van der Waals surface area contributed by atoms with Crippen molar-refractivity contribution >= 4 is 20.9 Å². The maximum absolute atomic E-state index is 11.5. The minimum absolute atomic E-state index is 0.0288. The summed E-state index contributed by atoms with van der Waals surface area (Å²) in [6.07, 6.45) is 1.22. The molecular formula is C12H17N3O3S. The molecule has 0 aliphatic heterocycles. The van der Waals surface area contributed by atoms with Crippen molar-refractivity contribution in [3.8, 4) is 0 Å². The van der Waals surface area contributed by atoms with Gasteiger partial charge in [-0.25, -0.2) is 13.2 Å². The first kappa shape index (κ1) is 13.8. The van der Waals surface area contributed by atoms with Crippen LogP contribution in [0, 0.1) is 0 Å². The molecule has 1 aromatic heterocycles. The molecule has 0 radical (unpaired) electrons.